The third kappa shape index (κ3) is 2.73. The first-order chi connectivity index (χ1) is 6.85. The fraction of sp³-hybridized carbons (Fsp3) is 1.00. The van der Waals surface area contributed by atoms with Crippen molar-refractivity contribution >= 4 is 0 Å². The van der Waals surface area contributed by atoms with Crippen molar-refractivity contribution < 1.29 is 5.11 Å². The lowest BCUT2D eigenvalue weighted by atomic mass is 10.1. The second kappa shape index (κ2) is 4.65. The van der Waals surface area contributed by atoms with Gasteiger partial charge in [-0.25, -0.2) is 0 Å². The van der Waals surface area contributed by atoms with Gasteiger partial charge in [-0.3, -0.25) is 0 Å². The smallest absolute Gasteiger partial charge is 0.0462 e. The Kier molecular flexibility index (Phi) is 3.48. The van der Waals surface area contributed by atoms with Crippen molar-refractivity contribution in [1.82, 2.24) is 0 Å². The van der Waals surface area contributed by atoms with Gasteiger partial charge in [0.2, 0.25) is 0 Å². The van der Waals surface area contributed by atoms with Gasteiger partial charge in [0.15, 0.2) is 0 Å². The Balaban J connectivity index is 1.50. The van der Waals surface area contributed by atoms with Crippen LogP contribution in [0.1, 0.15) is 51.9 Å². The van der Waals surface area contributed by atoms with Gasteiger partial charge in [-0.2, -0.15) is 0 Å². The van der Waals surface area contributed by atoms with E-state index < -0.39 is 0 Å². The average Bonchev–Trinajstić information content (AvgIpc) is 3.06. The van der Waals surface area contributed by atoms with E-state index in [0.29, 0.717) is 12.5 Å². The van der Waals surface area contributed by atoms with E-state index in [4.69, 9.17) is 5.11 Å². The number of unbranched alkanes of at least 4 members (excludes halogenated alkanes) is 2. The van der Waals surface area contributed by atoms with Crippen LogP contribution in [-0.4, -0.2) is 11.7 Å². The van der Waals surface area contributed by atoms with Gasteiger partial charge in [-0.1, -0.05) is 32.6 Å². The van der Waals surface area contributed by atoms with Crippen LogP contribution in [0.25, 0.3) is 0 Å². The van der Waals surface area contributed by atoms with Crippen LogP contribution in [0.3, 0.4) is 0 Å². The van der Waals surface area contributed by atoms with E-state index >= 15 is 0 Å². The number of rotatable bonds is 7. The summed E-state index contributed by atoms with van der Waals surface area (Å²) in [4.78, 5) is 0. The molecule has 0 saturated heterocycles. The number of hydrogen-bond acceptors (Lipinski definition) is 1. The quantitative estimate of drug-likeness (QED) is 0.620. The molecule has 3 unspecified atom stereocenters. The zero-order valence-electron chi connectivity index (χ0n) is 9.41. The van der Waals surface area contributed by atoms with Gasteiger partial charge < -0.3 is 5.11 Å². The Morgan fingerprint density at radius 2 is 1.71 bits per heavy atom. The molecule has 0 aromatic rings. The number of aliphatic hydroxyl groups excluding tert-OH is 1. The third-order valence-electron chi connectivity index (χ3n) is 4.16. The molecule has 0 bridgehead atoms. The van der Waals surface area contributed by atoms with Crippen LogP contribution >= 0.6 is 0 Å². The van der Waals surface area contributed by atoms with E-state index in [1.807, 2.05) is 0 Å². The summed E-state index contributed by atoms with van der Waals surface area (Å²) in [6.45, 7) is 2.72. The first-order valence-electron chi connectivity index (χ1n) is 6.46. The van der Waals surface area contributed by atoms with Crippen LogP contribution in [0.5, 0.6) is 0 Å². The lowest BCUT2D eigenvalue weighted by Gasteiger charge is -1.99. The number of hydrogen-bond donors (Lipinski definition) is 1. The first-order valence-corrected chi connectivity index (χ1v) is 6.46. The zero-order valence-corrected chi connectivity index (χ0v) is 9.41. The van der Waals surface area contributed by atoms with Gasteiger partial charge in [0.1, 0.15) is 0 Å². The highest BCUT2D eigenvalue weighted by atomic mass is 16.3. The fourth-order valence-corrected chi connectivity index (χ4v) is 2.82. The average molecular weight is 196 g/mol. The Labute approximate surface area is 87.9 Å². The Hall–Kier alpha value is -0.0400. The highest BCUT2D eigenvalue weighted by molar-refractivity contribution is 4.94. The molecule has 0 aromatic carbocycles. The molecule has 0 heterocycles. The van der Waals surface area contributed by atoms with Crippen LogP contribution in [0.4, 0.5) is 0 Å². The van der Waals surface area contributed by atoms with E-state index in [2.05, 4.69) is 6.92 Å². The molecular weight excluding hydrogens is 172 g/mol. The molecule has 2 saturated carbocycles. The molecule has 14 heavy (non-hydrogen) atoms. The molecule has 4 atom stereocenters. The molecule has 1 N–H and O–H groups in total. The van der Waals surface area contributed by atoms with Gasteiger partial charge in [-0.15, -0.1) is 0 Å². The standard InChI is InChI=1S/C13H24O/c1-2-3-4-5-10-6-11(10)7-12-8-13(12)9-14/h10-14H,2-9H2,1H3/t10?,11-,12?,13?/m0/s1. The van der Waals surface area contributed by atoms with E-state index in [1.54, 1.807) is 0 Å². The monoisotopic (exact) mass is 196 g/mol. The predicted octanol–water partition coefficient (Wildman–Crippen LogP) is 3.22. The zero-order chi connectivity index (χ0) is 9.97. The van der Waals surface area contributed by atoms with Gasteiger partial charge in [0.05, 0.1) is 0 Å². The van der Waals surface area contributed by atoms with Gasteiger partial charge in [-0.05, 0) is 42.9 Å². The third-order valence-corrected chi connectivity index (χ3v) is 4.16. The summed E-state index contributed by atoms with van der Waals surface area (Å²) in [6, 6.07) is 0. The largest absolute Gasteiger partial charge is 0.396 e. The van der Waals surface area contributed by atoms with Crippen molar-refractivity contribution in [3.63, 3.8) is 0 Å². The summed E-state index contributed by atoms with van der Waals surface area (Å²) in [5, 5.41) is 8.95. The Morgan fingerprint density at radius 1 is 1.00 bits per heavy atom. The van der Waals surface area contributed by atoms with Gasteiger partial charge in [0, 0.05) is 6.61 Å². The predicted molar refractivity (Wildman–Crippen MR) is 59.0 cm³/mol. The second-order valence-electron chi connectivity index (χ2n) is 5.43. The van der Waals surface area contributed by atoms with Crippen LogP contribution < -0.4 is 0 Å². The van der Waals surface area contributed by atoms with Crippen LogP contribution in [0.2, 0.25) is 0 Å². The fourth-order valence-electron chi connectivity index (χ4n) is 2.82. The summed E-state index contributed by atoms with van der Waals surface area (Å²) in [5.74, 6) is 3.71. The maximum Gasteiger partial charge on any atom is 0.0462 e. The number of aliphatic hydroxyl groups is 1. The van der Waals surface area contributed by atoms with E-state index in [0.717, 1.165) is 17.8 Å². The topological polar surface area (TPSA) is 20.2 Å². The molecular formula is C13H24O. The van der Waals surface area contributed by atoms with Crippen molar-refractivity contribution in [2.75, 3.05) is 6.61 Å². The maximum atomic E-state index is 8.95. The first kappa shape index (κ1) is 10.5. The van der Waals surface area contributed by atoms with Gasteiger partial charge in [0.25, 0.3) is 0 Å². The van der Waals surface area contributed by atoms with Crippen molar-refractivity contribution in [1.29, 1.82) is 0 Å². The molecule has 0 amide bonds. The molecule has 0 spiro atoms. The van der Waals surface area contributed by atoms with E-state index in [9.17, 15) is 0 Å². The van der Waals surface area contributed by atoms with Crippen molar-refractivity contribution in [2.45, 2.75) is 51.9 Å². The van der Waals surface area contributed by atoms with Crippen LogP contribution in [0, 0.1) is 23.7 Å². The normalized spacial score (nSPS) is 39.9. The molecule has 1 nitrogen and oxygen atoms in total. The van der Waals surface area contributed by atoms with Gasteiger partial charge >= 0.3 is 0 Å². The molecule has 1 heteroatoms. The Morgan fingerprint density at radius 3 is 2.36 bits per heavy atom. The molecule has 0 radical (unpaired) electrons. The van der Waals surface area contributed by atoms with E-state index in [-0.39, 0.29) is 0 Å². The highest BCUT2D eigenvalue weighted by Crippen LogP contribution is 2.53. The van der Waals surface area contributed by atoms with E-state index in [1.165, 1.54) is 44.9 Å². The Bertz CT molecular complexity index is 178. The summed E-state index contributed by atoms with van der Waals surface area (Å²) >= 11 is 0. The molecule has 2 fully saturated rings. The molecule has 2 aliphatic rings. The van der Waals surface area contributed by atoms with Crippen molar-refractivity contribution in [3.05, 3.63) is 0 Å². The maximum absolute atomic E-state index is 8.95. The van der Waals surface area contributed by atoms with Crippen LogP contribution in [-0.2, 0) is 0 Å². The minimum atomic E-state index is 0.442. The second-order valence-corrected chi connectivity index (χ2v) is 5.43. The minimum Gasteiger partial charge on any atom is -0.396 e. The molecule has 2 aliphatic carbocycles. The molecule has 0 aliphatic heterocycles. The van der Waals surface area contributed by atoms with Crippen molar-refractivity contribution in [2.24, 2.45) is 23.7 Å². The van der Waals surface area contributed by atoms with Crippen molar-refractivity contribution in [3.8, 4) is 0 Å². The summed E-state index contributed by atoms with van der Waals surface area (Å²) < 4.78 is 0. The highest BCUT2D eigenvalue weighted by Gasteiger charge is 2.44. The summed E-state index contributed by atoms with van der Waals surface area (Å²) in [6.07, 6.45) is 9.95. The molecule has 2 rings (SSSR count). The minimum absolute atomic E-state index is 0.442. The molecule has 0 aromatic heterocycles. The lowest BCUT2D eigenvalue weighted by Crippen LogP contribution is -1.91. The summed E-state index contributed by atoms with van der Waals surface area (Å²) in [7, 11) is 0. The van der Waals surface area contributed by atoms with Crippen LogP contribution in [0.15, 0.2) is 0 Å². The lowest BCUT2D eigenvalue weighted by molar-refractivity contribution is 0.266. The molecule has 82 valence electrons. The SMILES string of the molecule is CCCCCC1C[C@H]1CC1CC1CO. The summed E-state index contributed by atoms with van der Waals surface area (Å²) in [5.41, 5.74) is 0.